The van der Waals surface area contributed by atoms with E-state index in [9.17, 15) is 4.79 Å². The molecule has 1 aromatic carbocycles. The van der Waals surface area contributed by atoms with Crippen molar-refractivity contribution in [2.45, 2.75) is 0 Å². The SMILES string of the molecule is NC(=O)c1cccnc1Nc1cccc(Cl)c1. The largest absolute Gasteiger partial charge is 0.365 e. The van der Waals surface area contributed by atoms with Crippen molar-refractivity contribution >= 4 is 29.0 Å². The van der Waals surface area contributed by atoms with Crippen LogP contribution in [0.2, 0.25) is 5.02 Å². The van der Waals surface area contributed by atoms with Crippen LogP contribution in [0.1, 0.15) is 10.4 Å². The molecule has 0 aliphatic heterocycles. The van der Waals surface area contributed by atoms with Crippen molar-refractivity contribution in [1.82, 2.24) is 4.98 Å². The molecule has 0 atom stereocenters. The zero-order chi connectivity index (χ0) is 12.3. The summed E-state index contributed by atoms with van der Waals surface area (Å²) in [7, 11) is 0. The monoisotopic (exact) mass is 247 g/mol. The molecule has 2 aromatic rings. The number of pyridine rings is 1. The van der Waals surface area contributed by atoms with E-state index in [1.165, 1.54) is 0 Å². The summed E-state index contributed by atoms with van der Waals surface area (Å²) in [5.74, 6) is -0.107. The van der Waals surface area contributed by atoms with Gasteiger partial charge in [-0.2, -0.15) is 0 Å². The van der Waals surface area contributed by atoms with E-state index in [-0.39, 0.29) is 0 Å². The first-order chi connectivity index (χ1) is 8.16. The molecule has 0 fully saturated rings. The summed E-state index contributed by atoms with van der Waals surface area (Å²) in [6.07, 6.45) is 1.58. The average molecular weight is 248 g/mol. The number of hydrogen-bond acceptors (Lipinski definition) is 3. The van der Waals surface area contributed by atoms with Gasteiger partial charge in [-0.15, -0.1) is 0 Å². The summed E-state index contributed by atoms with van der Waals surface area (Å²) >= 11 is 5.86. The molecule has 0 radical (unpaired) electrons. The number of anilines is 2. The van der Waals surface area contributed by atoms with Crippen molar-refractivity contribution in [2.75, 3.05) is 5.32 Å². The van der Waals surface area contributed by atoms with Gasteiger partial charge in [0.25, 0.3) is 5.91 Å². The number of nitrogens with one attached hydrogen (secondary N) is 1. The number of primary amides is 1. The molecular formula is C12H10ClN3O. The topological polar surface area (TPSA) is 68.0 Å². The number of halogens is 1. The van der Waals surface area contributed by atoms with Gasteiger partial charge in [0.05, 0.1) is 5.56 Å². The quantitative estimate of drug-likeness (QED) is 0.876. The first-order valence-corrected chi connectivity index (χ1v) is 5.32. The average Bonchev–Trinajstić information content (AvgIpc) is 2.29. The van der Waals surface area contributed by atoms with E-state index in [2.05, 4.69) is 10.3 Å². The molecule has 0 saturated heterocycles. The van der Waals surface area contributed by atoms with Gasteiger partial charge in [0.2, 0.25) is 0 Å². The number of rotatable bonds is 3. The lowest BCUT2D eigenvalue weighted by atomic mass is 10.2. The van der Waals surface area contributed by atoms with Gasteiger partial charge in [0.1, 0.15) is 5.82 Å². The van der Waals surface area contributed by atoms with Crippen LogP contribution in [0.5, 0.6) is 0 Å². The summed E-state index contributed by atoms with van der Waals surface area (Å²) in [6.45, 7) is 0. The molecular weight excluding hydrogens is 238 g/mol. The van der Waals surface area contributed by atoms with Crippen molar-refractivity contribution < 1.29 is 4.79 Å². The molecule has 3 N–H and O–H groups in total. The second-order valence-electron chi connectivity index (χ2n) is 3.40. The second kappa shape index (κ2) is 4.84. The molecule has 0 bridgehead atoms. The smallest absolute Gasteiger partial charge is 0.252 e. The number of nitrogens with zero attached hydrogens (tertiary/aromatic N) is 1. The highest BCUT2D eigenvalue weighted by Crippen LogP contribution is 2.20. The predicted octanol–water partition coefficient (Wildman–Crippen LogP) is 2.58. The van der Waals surface area contributed by atoms with Crippen molar-refractivity contribution in [3.05, 3.63) is 53.2 Å². The Morgan fingerprint density at radius 3 is 2.82 bits per heavy atom. The van der Waals surface area contributed by atoms with Crippen LogP contribution in [0, 0.1) is 0 Å². The van der Waals surface area contributed by atoms with Gasteiger partial charge in [-0.1, -0.05) is 17.7 Å². The number of nitrogens with two attached hydrogens (primary N) is 1. The lowest BCUT2D eigenvalue weighted by Gasteiger charge is -2.08. The fourth-order valence-electron chi connectivity index (χ4n) is 1.41. The summed E-state index contributed by atoms with van der Waals surface area (Å²) < 4.78 is 0. The molecule has 4 nitrogen and oxygen atoms in total. The minimum atomic E-state index is -0.525. The molecule has 1 amide bonds. The number of benzene rings is 1. The third-order valence-electron chi connectivity index (χ3n) is 2.16. The van der Waals surface area contributed by atoms with E-state index in [1.807, 2.05) is 6.07 Å². The molecule has 1 aromatic heterocycles. The summed E-state index contributed by atoms with van der Waals surface area (Å²) in [6, 6.07) is 10.4. The highest BCUT2D eigenvalue weighted by Gasteiger charge is 2.08. The van der Waals surface area contributed by atoms with Gasteiger partial charge in [-0.05, 0) is 30.3 Å². The van der Waals surface area contributed by atoms with Crippen molar-refractivity contribution in [1.29, 1.82) is 0 Å². The van der Waals surface area contributed by atoms with E-state index in [4.69, 9.17) is 17.3 Å². The van der Waals surface area contributed by atoms with E-state index in [1.54, 1.807) is 36.5 Å². The van der Waals surface area contributed by atoms with Crippen LogP contribution in [0.3, 0.4) is 0 Å². The molecule has 1 heterocycles. The maximum absolute atomic E-state index is 11.2. The fourth-order valence-corrected chi connectivity index (χ4v) is 1.60. The maximum atomic E-state index is 11.2. The van der Waals surface area contributed by atoms with E-state index >= 15 is 0 Å². The first-order valence-electron chi connectivity index (χ1n) is 4.94. The van der Waals surface area contributed by atoms with Gasteiger partial charge < -0.3 is 11.1 Å². The van der Waals surface area contributed by atoms with E-state index in [0.717, 1.165) is 5.69 Å². The number of amides is 1. The van der Waals surface area contributed by atoms with E-state index < -0.39 is 5.91 Å². The molecule has 17 heavy (non-hydrogen) atoms. The molecule has 0 saturated carbocycles. The van der Waals surface area contributed by atoms with Gasteiger partial charge in [0.15, 0.2) is 0 Å². The zero-order valence-electron chi connectivity index (χ0n) is 8.85. The van der Waals surface area contributed by atoms with Gasteiger partial charge in [-0.3, -0.25) is 4.79 Å². The van der Waals surface area contributed by atoms with Crippen LogP contribution in [0.25, 0.3) is 0 Å². The Morgan fingerprint density at radius 2 is 2.12 bits per heavy atom. The van der Waals surface area contributed by atoms with Crippen LogP contribution >= 0.6 is 11.6 Å². The Balaban J connectivity index is 2.33. The van der Waals surface area contributed by atoms with Crippen LogP contribution in [0.15, 0.2) is 42.6 Å². The molecule has 2 rings (SSSR count). The summed E-state index contributed by atoms with van der Waals surface area (Å²) in [4.78, 5) is 15.3. The molecule has 86 valence electrons. The maximum Gasteiger partial charge on any atom is 0.252 e. The number of carbonyl (C=O) groups is 1. The number of hydrogen-bond donors (Lipinski definition) is 2. The summed E-state index contributed by atoms with van der Waals surface area (Å²) in [5, 5.41) is 3.60. The standard InChI is InChI=1S/C12H10ClN3O/c13-8-3-1-4-9(7-8)16-12-10(11(14)17)5-2-6-15-12/h1-7H,(H2,14,17)(H,15,16). The Kier molecular flexibility index (Phi) is 3.25. The molecule has 0 aliphatic carbocycles. The van der Waals surface area contributed by atoms with Crippen LogP contribution in [-0.4, -0.2) is 10.9 Å². The highest BCUT2D eigenvalue weighted by atomic mass is 35.5. The van der Waals surface area contributed by atoms with Crippen molar-refractivity contribution in [3.63, 3.8) is 0 Å². The van der Waals surface area contributed by atoms with Crippen LogP contribution in [-0.2, 0) is 0 Å². The van der Waals surface area contributed by atoms with Crippen molar-refractivity contribution in [3.8, 4) is 0 Å². The van der Waals surface area contributed by atoms with Crippen LogP contribution in [0.4, 0.5) is 11.5 Å². The molecule has 0 unspecified atom stereocenters. The summed E-state index contributed by atoms with van der Waals surface area (Å²) in [5.41, 5.74) is 6.34. The Morgan fingerprint density at radius 1 is 1.29 bits per heavy atom. The Labute approximate surface area is 103 Å². The zero-order valence-corrected chi connectivity index (χ0v) is 9.61. The number of carbonyl (C=O) groups excluding carboxylic acids is 1. The van der Waals surface area contributed by atoms with Crippen LogP contribution < -0.4 is 11.1 Å². The van der Waals surface area contributed by atoms with E-state index in [0.29, 0.717) is 16.4 Å². The highest BCUT2D eigenvalue weighted by molar-refractivity contribution is 6.30. The molecule has 5 heteroatoms. The van der Waals surface area contributed by atoms with Gasteiger partial charge in [-0.25, -0.2) is 4.98 Å². The van der Waals surface area contributed by atoms with Gasteiger partial charge >= 0.3 is 0 Å². The lowest BCUT2D eigenvalue weighted by molar-refractivity contribution is 0.100. The Hall–Kier alpha value is -2.07. The normalized spacial score (nSPS) is 9.94. The first kappa shape index (κ1) is 11.4. The third kappa shape index (κ3) is 2.73. The third-order valence-corrected chi connectivity index (χ3v) is 2.40. The van der Waals surface area contributed by atoms with Crippen molar-refractivity contribution in [2.24, 2.45) is 5.73 Å². The van der Waals surface area contributed by atoms with Gasteiger partial charge in [0, 0.05) is 16.9 Å². The predicted molar refractivity (Wildman–Crippen MR) is 67.5 cm³/mol. The number of aromatic nitrogens is 1. The molecule has 0 spiro atoms. The second-order valence-corrected chi connectivity index (χ2v) is 3.84. The minimum Gasteiger partial charge on any atom is -0.365 e. The Bertz CT molecular complexity index is 557. The lowest BCUT2D eigenvalue weighted by Crippen LogP contribution is -2.14. The fraction of sp³-hybridized carbons (Fsp3) is 0. The minimum absolute atomic E-state index is 0.340. The molecule has 0 aliphatic rings.